The molecule has 0 amide bonds. The molecule has 4 unspecified atom stereocenters. The molecule has 4 atom stereocenters. The van der Waals surface area contributed by atoms with E-state index in [1.807, 2.05) is 91.9 Å². The van der Waals surface area contributed by atoms with Gasteiger partial charge in [0.15, 0.2) is 0 Å². The Balaban J connectivity index is 1.50. The van der Waals surface area contributed by atoms with E-state index in [0.29, 0.717) is 5.56 Å². The SMILES string of the molecule is CC(c1ccccc1)c1ccc(C(C)c2cc(S(=O)(=O)O)c(O)c(C(C)c3ccc(C(C)c4ccccc4)cc3)c2O)cc1. The van der Waals surface area contributed by atoms with E-state index in [4.69, 9.17) is 0 Å². The van der Waals surface area contributed by atoms with Gasteiger partial charge in [0, 0.05) is 34.8 Å². The van der Waals surface area contributed by atoms with Crippen LogP contribution in [-0.2, 0) is 10.1 Å². The van der Waals surface area contributed by atoms with Gasteiger partial charge >= 0.3 is 0 Å². The minimum Gasteiger partial charge on any atom is -0.507 e. The molecule has 0 aliphatic rings. The third-order valence-electron chi connectivity index (χ3n) is 8.95. The van der Waals surface area contributed by atoms with Crippen LogP contribution in [0.5, 0.6) is 11.5 Å². The Morgan fingerprint density at radius 3 is 1.20 bits per heavy atom. The molecule has 5 aromatic rings. The van der Waals surface area contributed by atoms with Crippen molar-refractivity contribution in [1.29, 1.82) is 0 Å². The van der Waals surface area contributed by atoms with Gasteiger partial charge < -0.3 is 10.2 Å². The summed E-state index contributed by atoms with van der Waals surface area (Å²) in [5.74, 6) is -1.50. The maximum atomic E-state index is 12.4. The normalized spacial score (nSPS) is 14.5. The molecule has 44 heavy (non-hydrogen) atoms. The monoisotopic (exact) mass is 606 g/mol. The summed E-state index contributed by atoms with van der Waals surface area (Å²) in [6.45, 7) is 7.93. The summed E-state index contributed by atoms with van der Waals surface area (Å²) < 4.78 is 34.9. The van der Waals surface area contributed by atoms with Gasteiger partial charge in [-0.05, 0) is 39.4 Å². The first-order chi connectivity index (χ1) is 21.0. The van der Waals surface area contributed by atoms with E-state index >= 15 is 0 Å². The van der Waals surface area contributed by atoms with E-state index in [9.17, 15) is 23.2 Å². The predicted octanol–water partition coefficient (Wildman–Crippen LogP) is 8.95. The van der Waals surface area contributed by atoms with Crippen molar-refractivity contribution in [3.8, 4) is 11.5 Å². The van der Waals surface area contributed by atoms with E-state index in [2.05, 4.69) is 38.1 Å². The average molecular weight is 607 g/mol. The molecule has 5 rings (SSSR count). The Labute approximate surface area is 260 Å². The summed E-state index contributed by atoms with van der Waals surface area (Å²) in [5.41, 5.74) is 6.61. The highest BCUT2D eigenvalue weighted by atomic mass is 32.2. The van der Waals surface area contributed by atoms with Crippen LogP contribution < -0.4 is 0 Å². The van der Waals surface area contributed by atoms with Gasteiger partial charge in [0.25, 0.3) is 10.1 Å². The maximum absolute atomic E-state index is 12.4. The molecular weight excluding hydrogens is 568 g/mol. The number of phenolic OH excluding ortho intramolecular Hbond substituents is 2. The molecule has 3 N–H and O–H groups in total. The maximum Gasteiger partial charge on any atom is 0.298 e. The summed E-state index contributed by atoms with van der Waals surface area (Å²) in [4.78, 5) is -0.623. The Hall–Kier alpha value is -4.39. The third-order valence-corrected chi connectivity index (χ3v) is 9.82. The largest absolute Gasteiger partial charge is 0.507 e. The van der Waals surface area contributed by atoms with Crippen LogP contribution in [0.3, 0.4) is 0 Å². The quantitative estimate of drug-likeness (QED) is 0.146. The number of hydrogen-bond acceptors (Lipinski definition) is 4. The molecule has 0 saturated carbocycles. The van der Waals surface area contributed by atoms with Crippen molar-refractivity contribution in [2.24, 2.45) is 0 Å². The van der Waals surface area contributed by atoms with Gasteiger partial charge in [0.05, 0.1) is 0 Å². The number of benzene rings is 5. The Morgan fingerprint density at radius 2 is 0.818 bits per heavy atom. The lowest BCUT2D eigenvalue weighted by atomic mass is 9.84. The molecule has 0 aromatic heterocycles. The van der Waals surface area contributed by atoms with E-state index in [0.717, 1.165) is 22.3 Å². The average Bonchev–Trinajstić information content (AvgIpc) is 3.04. The van der Waals surface area contributed by atoms with Crippen LogP contribution in [0.2, 0.25) is 0 Å². The number of phenols is 2. The van der Waals surface area contributed by atoms with Crippen LogP contribution in [0.4, 0.5) is 0 Å². The van der Waals surface area contributed by atoms with Crippen LogP contribution in [0, 0.1) is 0 Å². The van der Waals surface area contributed by atoms with E-state index < -0.39 is 32.6 Å². The van der Waals surface area contributed by atoms with Gasteiger partial charge in [-0.2, -0.15) is 8.42 Å². The zero-order valence-corrected chi connectivity index (χ0v) is 26.2. The molecule has 6 heteroatoms. The smallest absolute Gasteiger partial charge is 0.298 e. The fourth-order valence-electron chi connectivity index (χ4n) is 5.98. The molecule has 0 aliphatic heterocycles. The minimum atomic E-state index is -4.78. The van der Waals surface area contributed by atoms with Crippen LogP contribution in [-0.4, -0.2) is 23.2 Å². The standard InChI is InChI=1S/C38H38O5S/c1-24(28-11-7-5-8-12-28)30-15-19-32(20-16-30)26(3)34-23-35(44(41,42)43)38(40)36(37(34)39)27(4)33-21-17-31(18-22-33)25(2)29-13-9-6-10-14-29/h5-27,39-40H,1-4H3,(H,41,42,43). The lowest BCUT2D eigenvalue weighted by Gasteiger charge is -2.23. The van der Waals surface area contributed by atoms with Gasteiger partial charge in [-0.3, -0.25) is 4.55 Å². The molecule has 5 aromatic carbocycles. The second-order valence-electron chi connectivity index (χ2n) is 11.6. The molecule has 0 aliphatic carbocycles. The summed E-state index contributed by atoms with van der Waals surface area (Å²) in [6, 6.07) is 37.4. The number of aromatic hydroxyl groups is 2. The van der Waals surface area contributed by atoms with Crippen LogP contribution >= 0.6 is 0 Å². The second-order valence-corrected chi connectivity index (χ2v) is 13.0. The van der Waals surface area contributed by atoms with Crippen molar-refractivity contribution in [1.82, 2.24) is 0 Å². The second kappa shape index (κ2) is 12.7. The van der Waals surface area contributed by atoms with Crippen molar-refractivity contribution < 1.29 is 23.2 Å². The van der Waals surface area contributed by atoms with Crippen LogP contribution in [0.25, 0.3) is 0 Å². The molecule has 0 spiro atoms. The zero-order chi connectivity index (χ0) is 31.6. The van der Waals surface area contributed by atoms with Gasteiger partial charge in [-0.15, -0.1) is 0 Å². The van der Waals surface area contributed by atoms with Gasteiger partial charge in [-0.1, -0.05) is 137 Å². The topological polar surface area (TPSA) is 94.8 Å². The highest BCUT2D eigenvalue weighted by Gasteiger charge is 2.30. The number of rotatable bonds is 9. The van der Waals surface area contributed by atoms with Gasteiger partial charge in [-0.25, -0.2) is 0 Å². The fourth-order valence-corrected chi connectivity index (χ4v) is 6.61. The van der Waals surface area contributed by atoms with Crippen LogP contribution in [0.1, 0.15) is 95.9 Å². The van der Waals surface area contributed by atoms with Gasteiger partial charge in [0.1, 0.15) is 16.4 Å². The first-order valence-electron chi connectivity index (χ1n) is 14.8. The molecular formula is C38H38O5S. The van der Waals surface area contributed by atoms with Crippen molar-refractivity contribution in [2.45, 2.75) is 56.3 Å². The summed E-state index contributed by atoms with van der Waals surface area (Å²) in [6.07, 6.45) is 0. The predicted molar refractivity (Wildman–Crippen MR) is 175 cm³/mol. The molecule has 0 saturated heterocycles. The molecule has 0 radical (unpaired) electrons. The van der Waals surface area contributed by atoms with E-state index in [-0.39, 0.29) is 23.1 Å². The molecule has 226 valence electrons. The molecule has 0 fully saturated rings. The summed E-state index contributed by atoms with van der Waals surface area (Å²) in [7, 11) is -4.78. The first kappa shape index (κ1) is 31.0. The van der Waals surface area contributed by atoms with Crippen molar-refractivity contribution in [3.05, 3.63) is 160 Å². The Morgan fingerprint density at radius 1 is 0.477 bits per heavy atom. The van der Waals surface area contributed by atoms with Crippen molar-refractivity contribution >= 4 is 10.1 Å². The molecule has 0 bridgehead atoms. The lowest BCUT2D eigenvalue weighted by Crippen LogP contribution is -2.08. The van der Waals surface area contributed by atoms with E-state index in [1.165, 1.54) is 17.2 Å². The Bertz CT molecular complexity index is 1830. The number of hydrogen-bond donors (Lipinski definition) is 3. The molecule has 5 nitrogen and oxygen atoms in total. The minimum absolute atomic E-state index is 0.0557. The third kappa shape index (κ3) is 6.28. The highest BCUT2D eigenvalue weighted by molar-refractivity contribution is 7.86. The Kier molecular flexibility index (Phi) is 8.95. The highest BCUT2D eigenvalue weighted by Crippen LogP contribution is 2.47. The fraction of sp³-hybridized carbons (Fsp3) is 0.211. The van der Waals surface area contributed by atoms with Gasteiger partial charge in [0.2, 0.25) is 0 Å². The molecule has 0 heterocycles. The van der Waals surface area contributed by atoms with E-state index in [1.54, 1.807) is 6.92 Å². The van der Waals surface area contributed by atoms with Crippen molar-refractivity contribution in [2.75, 3.05) is 0 Å². The zero-order valence-electron chi connectivity index (χ0n) is 25.3. The summed E-state index contributed by atoms with van der Waals surface area (Å²) in [5, 5.41) is 22.7. The van der Waals surface area contributed by atoms with Crippen molar-refractivity contribution in [3.63, 3.8) is 0 Å². The first-order valence-corrected chi connectivity index (χ1v) is 16.3. The van der Waals surface area contributed by atoms with Crippen LogP contribution in [0.15, 0.2) is 120 Å². The summed E-state index contributed by atoms with van der Waals surface area (Å²) >= 11 is 0. The lowest BCUT2D eigenvalue weighted by molar-refractivity contribution is 0.413.